The lowest BCUT2D eigenvalue weighted by atomic mass is 10.0. The molecule has 2 fully saturated rings. The second-order valence-electron chi connectivity index (χ2n) is 6.10. The molecule has 110 valence electrons. The molecule has 0 amide bonds. The van der Waals surface area contributed by atoms with Crippen molar-refractivity contribution < 1.29 is 14.5 Å². The van der Waals surface area contributed by atoms with Crippen LogP contribution in [0.15, 0.2) is 28.7 Å². The second-order valence-corrected chi connectivity index (χ2v) is 7.01. The number of piperidine rings is 1. The van der Waals surface area contributed by atoms with Crippen molar-refractivity contribution in [2.75, 3.05) is 39.4 Å². The van der Waals surface area contributed by atoms with E-state index in [1.54, 1.807) is 9.80 Å². The first-order valence-corrected chi connectivity index (χ1v) is 8.61. The summed E-state index contributed by atoms with van der Waals surface area (Å²) in [4.78, 5) is 3.54. The maximum Gasteiger partial charge on any atom is 0.103 e. The molecule has 0 radical (unpaired) electrons. The molecule has 3 nitrogen and oxygen atoms in total. The van der Waals surface area contributed by atoms with Gasteiger partial charge in [0, 0.05) is 22.9 Å². The summed E-state index contributed by atoms with van der Waals surface area (Å²) >= 11 is 3.50. The third-order valence-corrected chi connectivity index (χ3v) is 5.30. The van der Waals surface area contributed by atoms with Crippen molar-refractivity contribution in [2.45, 2.75) is 25.4 Å². The smallest absolute Gasteiger partial charge is 0.103 e. The van der Waals surface area contributed by atoms with Crippen LogP contribution in [0.3, 0.4) is 0 Å². The largest absolute Gasteiger partial charge is 0.370 e. The fourth-order valence-corrected chi connectivity index (χ4v) is 3.81. The van der Waals surface area contributed by atoms with Gasteiger partial charge in [-0.25, -0.2) is 0 Å². The molecule has 4 heteroatoms. The Morgan fingerprint density at radius 3 is 2.30 bits per heavy atom. The van der Waals surface area contributed by atoms with Gasteiger partial charge in [0.25, 0.3) is 0 Å². The van der Waals surface area contributed by atoms with Gasteiger partial charge in [0.2, 0.25) is 0 Å². The Bertz CT molecular complexity index is 409. The monoisotopic (exact) mass is 340 g/mol. The fraction of sp³-hybridized carbons (Fsp3) is 0.625. The van der Waals surface area contributed by atoms with Crippen molar-refractivity contribution in [1.82, 2.24) is 0 Å². The van der Waals surface area contributed by atoms with Crippen molar-refractivity contribution in [2.24, 2.45) is 0 Å². The van der Waals surface area contributed by atoms with E-state index in [1.807, 2.05) is 0 Å². The van der Waals surface area contributed by atoms with Crippen molar-refractivity contribution in [1.29, 1.82) is 0 Å². The van der Waals surface area contributed by atoms with Crippen LogP contribution < -0.4 is 9.80 Å². The van der Waals surface area contributed by atoms with Crippen LogP contribution in [0.2, 0.25) is 0 Å². The van der Waals surface area contributed by atoms with Gasteiger partial charge in [-0.05, 0) is 12.1 Å². The highest BCUT2D eigenvalue weighted by atomic mass is 79.9. The summed E-state index contributed by atoms with van der Waals surface area (Å²) < 4.78 is 6.64. The van der Waals surface area contributed by atoms with Crippen molar-refractivity contribution in [3.05, 3.63) is 34.3 Å². The molecule has 2 heterocycles. The van der Waals surface area contributed by atoms with Crippen LogP contribution in [0.4, 0.5) is 0 Å². The molecule has 20 heavy (non-hydrogen) atoms. The number of ether oxygens (including phenoxy) is 1. The van der Waals surface area contributed by atoms with E-state index in [4.69, 9.17) is 4.74 Å². The van der Waals surface area contributed by atoms with Gasteiger partial charge in [-0.2, -0.15) is 0 Å². The SMILES string of the molecule is Brc1ccc(C[NH+]2CCC([NH+]3CCOCC3)CC2)cc1. The van der Waals surface area contributed by atoms with Gasteiger partial charge in [0.05, 0.1) is 32.3 Å². The minimum atomic E-state index is 0.882. The standard InChI is InChI=1S/C16H23BrN2O/c17-15-3-1-14(2-4-15)13-18-7-5-16(6-8-18)19-9-11-20-12-10-19/h1-4,16H,5-13H2/p+2. The van der Waals surface area contributed by atoms with Gasteiger partial charge in [-0.15, -0.1) is 0 Å². The van der Waals surface area contributed by atoms with Crippen LogP contribution in [0.5, 0.6) is 0 Å². The Morgan fingerprint density at radius 1 is 1.00 bits per heavy atom. The van der Waals surface area contributed by atoms with Crippen LogP contribution >= 0.6 is 15.9 Å². The van der Waals surface area contributed by atoms with E-state index in [0.717, 1.165) is 19.3 Å². The lowest BCUT2D eigenvalue weighted by Crippen LogP contribution is -3.21. The molecule has 0 unspecified atom stereocenters. The molecule has 0 saturated carbocycles. The van der Waals surface area contributed by atoms with Crippen LogP contribution in [-0.4, -0.2) is 45.4 Å². The highest BCUT2D eigenvalue weighted by Crippen LogP contribution is 2.10. The van der Waals surface area contributed by atoms with Crippen molar-refractivity contribution in [3.63, 3.8) is 0 Å². The molecule has 0 spiro atoms. The molecule has 0 aromatic heterocycles. The predicted molar refractivity (Wildman–Crippen MR) is 83.1 cm³/mol. The van der Waals surface area contributed by atoms with Crippen molar-refractivity contribution >= 4 is 15.9 Å². The van der Waals surface area contributed by atoms with Gasteiger partial charge < -0.3 is 14.5 Å². The summed E-state index contributed by atoms with van der Waals surface area (Å²) in [6, 6.07) is 9.68. The summed E-state index contributed by atoms with van der Waals surface area (Å²) in [5, 5.41) is 0. The third kappa shape index (κ3) is 3.82. The quantitative estimate of drug-likeness (QED) is 0.787. The highest BCUT2D eigenvalue weighted by Gasteiger charge is 2.30. The molecule has 2 aliphatic rings. The number of hydrogen-bond donors (Lipinski definition) is 2. The van der Waals surface area contributed by atoms with Gasteiger partial charge in [-0.1, -0.05) is 28.1 Å². The van der Waals surface area contributed by atoms with Gasteiger partial charge in [-0.3, -0.25) is 0 Å². The minimum Gasteiger partial charge on any atom is -0.370 e. The van der Waals surface area contributed by atoms with Gasteiger partial charge in [0.15, 0.2) is 0 Å². The van der Waals surface area contributed by atoms with E-state index in [-0.39, 0.29) is 0 Å². The number of morpholine rings is 1. The Labute approximate surface area is 130 Å². The maximum absolute atomic E-state index is 5.47. The molecule has 0 bridgehead atoms. The molecule has 3 rings (SSSR count). The lowest BCUT2D eigenvalue weighted by molar-refractivity contribution is -0.967. The summed E-state index contributed by atoms with van der Waals surface area (Å²) in [6.07, 6.45) is 2.75. The molecular formula is C16H25BrN2O+2. The zero-order chi connectivity index (χ0) is 13.8. The van der Waals surface area contributed by atoms with E-state index < -0.39 is 0 Å². The topological polar surface area (TPSA) is 18.1 Å². The third-order valence-electron chi connectivity index (χ3n) is 4.77. The Balaban J connectivity index is 1.47. The number of likely N-dealkylation sites (tertiary alicyclic amines) is 1. The number of hydrogen-bond acceptors (Lipinski definition) is 1. The van der Waals surface area contributed by atoms with Crippen LogP contribution in [0, 0.1) is 0 Å². The first-order chi connectivity index (χ1) is 9.81. The molecule has 2 saturated heterocycles. The number of benzene rings is 1. The zero-order valence-electron chi connectivity index (χ0n) is 12.0. The molecule has 1 aromatic carbocycles. The van der Waals surface area contributed by atoms with Crippen LogP contribution in [0.1, 0.15) is 18.4 Å². The molecule has 0 aliphatic carbocycles. The van der Waals surface area contributed by atoms with E-state index in [1.165, 1.54) is 55.6 Å². The number of halogens is 1. The average Bonchev–Trinajstić information content (AvgIpc) is 2.51. The van der Waals surface area contributed by atoms with Crippen LogP contribution in [0.25, 0.3) is 0 Å². The summed E-state index contributed by atoms with van der Waals surface area (Å²) in [5.41, 5.74) is 1.46. The summed E-state index contributed by atoms with van der Waals surface area (Å²) in [7, 11) is 0. The molecule has 2 N–H and O–H groups in total. The molecule has 1 aromatic rings. The first-order valence-electron chi connectivity index (χ1n) is 7.81. The predicted octanol–water partition coefficient (Wildman–Crippen LogP) is -0.0885. The number of quaternary nitrogens is 2. The number of nitrogens with one attached hydrogen (secondary N) is 2. The number of rotatable bonds is 3. The fourth-order valence-electron chi connectivity index (χ4n) is 3.54. The average molecular weight is 341 g/mol. The second kappa shape index (κ2) is 7.03. The Morgan fingerprint density at radius 2 is 1.65 bits per heavy atom. The summed E-state index contributed by atoms with van der Waals surface area (Å²) in [5.74, 6) is 0. The molecular weight excluding hydrogens is 316 g/mol. The summed E-state index contributed by atoms with van der Waals surface area (Å²) in [6.45, 7) is 8.18. The Hall–Kier alpha value is -0.420. The van der Waals surface area contributed by atoms with E-state index in [9.17, 15) is 0 Å². The maximum atomic E-state index is 5.47. The zero-order valence-corrected chi connectivity index (χ0v) is 13.6. The minimum absolute atomic E-state index is 0.882. The normalized spacial score (nSPS) is 28.4. The molecule has 0 atom stereocenters. The van der Waals surface area contributed by atoms with E-state index in [0.29, 0.717) is 0 Å². The lowest BCUT2D eigenvalue weighted by Gasteiger charge is -2.36. The Kier molecular flexibility index (Phi) is 5.10. The van der Waals surface area contributed by atoms with E-state index >= 15 is 0 Å². The van der Waals surface area contributed by atoms with Gasteiger partial charge >= 0.3 is 0 Å². The first kappa shape index (κ1) is 14.5. The highest BCUT2D eigenvalue weighted by molar-refractivity contribution is 9.10. The van der Waals surface area contributed by atoms with Crippen molar-refractivity contribution in [3.8, 4) is 0 Å². The van der Waals surface area contributed by atoms with E-state index in [2.05, 4.69) is 40.2 Å². The van der Waals surface area contributed by atoms with Crippen LogP contribution in [-0.2, 0) is 11.3 Å². The van der Waals surface area contributed by atoms with Gasteiger partial charge in [0.1, 0.15) is 19.6 Å². The molecule has 2 aliphatic heterocycles.